The molecule has 0 atom stereocenters. The maximum Gasteiger partial charge on any atom is 0.255 e. The highest BCUT2D eigenvalue weighted by molar-refractivity contribution is 5.71. The van der Waals surface area contributed by atoms with Gasteiger partial charge >= 0.3 is 0 Å². The molecule has 0 unspecified atom stereocenters. The van der Waals surface area contributed by atoms with Gasteiger partial charge < -0.3 is 4.98 Å². The van der Waals surface area contributed by atoms with Gasteiger partial charge in [-0.25, -0.2) is 4.98 Å². The number of hydrogen-bond donors (Lipinski definition) is 1. The van der Waals surface area contributed by atoms with E-state index >= 15 is 0 Å². The summed E-state index contributed by atoms with van der Waals surface area (Å²) >= 11 is 0. The summed E-state index contributed by atoms with van der Waals surface area (Å²) in [6.45, 7) is 1.78. The average Bonchev–Trinajstić information content (AvgIpc) is 2.14. The zero-order valence-electron chi connectivity index (χ0n) is 4.43. The Balaban J connectivity index is 3.00. The van der Waals surface area contributed by atoms with Crippen LogP contribution < -0.4 is 0 Å². The first-order valence-electron chi connectivity index (χ1n) is 2.23. The number of rotatable bonds is 1. The summed E-state index contributed by atoms with van der Waals surface area (Å²) < 4.78 is 0. The smallest absolute Gasteiger partial charge is 0.255 e. The highest BCUT2D eigenvalue weighted by atomic mass is 16.1. The Morgan fingerprint density at radius 3 is 2.88 bits per heavy atom. The molecule has 0 aliphatic carbocycles. The van der Waals surface area contributed by atoms with Crippen molar-refractivity contribution in [1.29, 1.82) is 0 Å². The highest BCUT2D eigenvalue weighted by Gasteiger charge is 1.91. The van der Waals surface area contributed by atoms with E-state index in [4.69, 9.17) is 0 Å². The molecule has 1 aromatic rings. The lowest BCUT2D eigenvalue weighted by Gasteiger charge is -1.70. The number of aromatic amines is 1. The van der Waals surface area contributed by atoms with E-state index in [0.717, 1.165) is 5.82 Å². The van der Waals surface area contributed by atoms with Gasteiger partial charge in [0.15, 0.2) is 0 Å². The van der Waals surface area contributed by atoms with Gasteiger partial charge in [0.1, 0.15) is 11.5 Å². The zero-order chi connectivity index (χ0) is 5.98. The topological polar surface area (TPSA) is 45.8 Å². The summed E-state index contributed by atoms with van der Waals surface area (Å²) in [5, 5.41) is 0. The monoisotopic (exact) mass is 109 g/mol. The molecule has 0 amide bonds. The molecule has 1 radical (unpaired) electrons. The van der Waals surface area contributed by atoms with Crippen LogP contribution in [0.15, 0.2) is 6.20 Å². The van der Waals surface area contributed by atoms with Gasteiger partial charge in [-0.3, -0.25) is 4.79 Å². The fourth-order valence-corrected chi connectivity index (χ4v) is 0.470. The summed E-state index contributed by atoms with van der Waals surface area (Å²) in [4.78, 5) is 16.3. The Morgan fingerprint density at radius 2 is 2.62 bits per heavy atom. The van der Waals surface area contributed by atoms with E-state index in [1.165, 1.54) is 6.20 Å². The molecule has 0 saturated heterocycles. The van der Waals surface area contributed by atoms with E-state index in [2.05, 4.69) is 9.97 Å². The van der Waals surface area contributed by atoms with Crippen LogP contribution >= 0.6 is 0 Å². The van der Waals surface area contributed by atoms with E-state index < -0.39 is 0 Å². The molecule has 8 heavy (non-hydrogen) atoms. The lowest BCUT2D eigenvalue weighted by Crippen LogP contribution is -1.77. The van der Waals surface area contributed by atoms with Crippen LogP contribution in [0.3, 0.4) is 0 Å². The maximum atomic E-state index is 9.81. The predicted octanol–water partition coefficient (Wildman–Crippen LogP) is 0.176. The lowest BCUT2D eigenvalue weighted by atomic mass is 10.6. The zero-order valence-corrected chi connectivity index (χ0v) is 4.43. The molecule has 3 nitrogen and oxygen atoms in total. The molecule has 0 aromatic carbocycles. The van der Waals surface area contributed by atoms with Crippen molar-refractivity contribution >= 4 is 6.29 Å². The number of hydrogen-bond acceptors (Lipinski definition) is 2. The van der Waals surface area contributed by atoms with Crippen molar-refractivity contribution in [2.24, 2.45) is 0 Å². The molecule has 0 fully saturated rings. The number of aryl methyl sites for hydroxylation is 1. The predicted molar refractivity (Wildman–Crippen MR) is 28.1 cm³/mol. The molecule has 41 valence electrons. The number of imidazole rings is 1. The standard InChI is InChI=1S/C5H5N2O/c1-4-6-2-5(3-8)7-4/h2H,1H3,(H,6,7). The quantitative estimate of drug-likeness (QED) is 0.559. The van der Waals surface area contributed by atoms with Crippen LogP contribution in [0.1, 0.15) is 11.5 Å². The minimum atomic E-state index is 0.336. The second-order valence-corrected chi connectivity index (χ2v) is 1.47. The molecular formula is C5H5N2O. The third kappa shape index (κ3) is 0.753. The maximum absolute atomic E-state index is 9.81. The molecule has 1 aromatic heterocycles. The van der Waals surface area contributed by atoms with Gasteiger partial charge in [0.05, 0.1) is 0 Å². The Labute approximate surface area is 46.8 Å². The van der Waals surface area contributed by atoms with Crippen LogP contribution in [-0.4, -0.2) is 16.3 Å². The number of H-pyrrole nitrogens is 1. The minimum Gasteiger partial charge on any atom is -0.348 e. The Hall–Kier alpha value is -1.12. The van der Waals surface area contributed by atoms with Crippen molar-refractivity contribution in [2.75, 3.05) is 0 Å². The molecule has 3 heteroatoms. The van der Waals surface area contributed by atoms with Crippen molar-refractivity contribution in [3.8, 4) is 0 Å². The van der Waals surface area contributed by atoms with Crippen molar-refractivity contribution in [2.45, 2.75) is 6.92 Å². The fourth-order valence-electron chi connectivity index (χ4n) is 0.470. The molecule has 1 rings (SSSR count). The van der Waals surface area contributed by atoms with Crippen LogP contribution in [0.4, 0.5) is 0 Å². The fraction of sp³-hybridized carbons (Fsp3) is 0.200. The first-order valence-corrected chi connectivity index (χ1v) is 2.23. The van der Waals surface area contributed by atoms with Crippen molar-refractivity contribution < 1.29 is 4.79 Å². The summed E-state index contributed by atoms with van der Waals surface area (Å²) in [6, 6.07) is 0. The van der Waals surface area contributed by atoms with E-state index in [-0.39, 0.29) is 0 Å². The number of aromatic nitrogens is 2. The van der Waals surface area contributed by atoms with Crippen LogP contribution in [-0.2, 0) is 4.79 Å². The Kier molecular flexibility index (Phi) is 1.12. The van der Waals surface area contributed by atoms with Gasteiger partial charge in [-0.05, 0) is 6.92 Å². The van der Waals surface area contributed by atoms with Crippen molar-refractivity contribution in [3.05, 3.63) is 17.7 Å². The molecule has 1 heterocycles. The van der Waals surface area contributed by atoms with Gasteiger partial charge in [-0.1, -0.05) is 0 Å². The molecule has 0 spiro atoms. The lowest BCUT2D eigenvalue weighted by molar-refractivity contribution is 0.561. The van der Waals surface area contributed by atoms with Gasteiger partial charge in [0.25, 0.3) is 6.29 Å². The third-order valence-corrected chi connectivity index (χ3v) is 0.811. The second kappa shape index (κ2) is 1.78. The van der Waals surface area contributed by atoms with Crippen LogP contribution in [0.2, 0.25) is 0 Å². The van der Waals surface area contributed by atoms with E-state index in [1.807, 2.05) is 0 Å². The Morgan fingerprint density at radius 1 is 1.88 bits per heavy atom. The summed E-state index contributed by atoms with van der Waals surface area (Å²) in [6.07, 6.45) is 3.17. The van der Waals surface area contributed by atoms with Crippen LogP contribution in [0, 0.1) is 6.92 Å². The number of nitrogens with one attached hydrogen (secondary N) is 1. The number of nitrogens with zero attached hydrogens (tertiary/aromatic N) is 1. The third-order valence-electron chi connectivity index (χ3n) is 0.811. The Bertz CT molecular complexity index is 192. The van der Waals surface area contributed by atoms with Gasteiger partial charge in [0, 0.05) is 6.20 Å². The van der Waals surface area contributed by atoms with Crippen LogP contribution in [0.5, 0.6) is 0 Å². The van der Waals surface area contributed by atoms with Gasteiger partial charge in [-0.15, -0.1) is 0 Å². The summed E-state index contributed by atoms with van der Waals surface area (Å²) in [5.41, 5.74) is 0.336. The average molecular weight is 109 g/mol. The van der Waals surface area contributed by atoms with Gasteiger partial charge in [-0.2, -0.15) is 0 Å². The minimum absolute atomic E-state index is 0.336. The van der Waals surface area contributed by atoms with Crippen molar-refractivity contribution in [1.82, 2.24) is 9.97 Å². The summed E-state index contributed by atoms with van der Waals surface area (Å²) in [5.74, 6) is 0.739. The molecule has 0 bridgehead atoms. The van der Waals surface area contributed by atoms with Crippen molar-refractivity contribution in [3.63, 3.8) is 0 Å². The molecule has 1 N–H and O–H groups in total. The SMILES string of the molecule is Cc1nc([C]=O)c[nH]1. The first-order chi connectivity index (χ1) is 3.83. The second-order valence-electron chi connectivity index (χ2n) is 1.47. The van der Waals surface area contributed by atoms with E-state index in [1.54, 1.807) is 13.2 Å². The first kappa shape index (κ1) is 5.03. The number of carbonyl (C=O) groups excluding carboxylic acids is 1. The van der Waals surface area contributed by atoms with Gasteiger partial charge in [0.2, 0.25) is 0 Å². The largest absolute Gasteiger partial charge is 0.348 e. The van der Waals surface area contributed by atoms with E-state index in [9.17, 15) is 4.79 Å². The van der Waals surface area contributed by atoms with Crippen LogP contribution in [0.25, 0.3) is 0 Å². The molecule has 0 aliphatic rings. The summed E-state index contributed by atoms with van der Waals surface area (Å²) in [7, 11) is 0. The molecular weight excluding hydrogens is 104 g/mol. The van der Waals surface area contributed by atoms with E-state index in [0.29, 0.717) is 5.69 Å². The normalized spacial score (nSPS) is 9.12. The molecule has 0 aliphatic heterocycles. The highest BCUT2D eigenvalue weighted by Crippen LogP contribution is 1.88. The molecule has 0 saturated carbocycles.